The molecule has 1 aromatic carbocycles. The van der Waals surface area contributed by atoms with Crippen LogP contribution in [0.5, 0.6) is 11.5 Å². The number of Topliss-reactive ketones (excluding diaryl/α,β-unsaturated/α-hetero) is 1. The Hall–Kier alpha value is -4.39. The Labute approximate surface area is 299 Å². The number of fused-ring (bicyclic) bond motifs is 1. The highest BCUT2D eigenvalue weighted by Crippen LogP contribution is 2.46. The number of β-lactam (4-membered cyclic amide) rings is 1. The van der Waals surface area contributed by atoms with Crippen LogP contribution in [-0.4, -0.2) is 115 Å². The summed E-state index contributed by atoms with van der Waals surface area (Å²) in [5.74, 6) is -6.02. The van der Waals surface area contributed by atoms with E-state index in [1.54, 1.807) is 0 Å². The SMILES string of the molecule is C[C@H](O/N=C(/C(=O)C[C@@H]1C(=O)N2C(C(=O)[O-])=C(C[N+]3(CCNC(=O)c4ccc(O)c(O)c4)CCCCC3)CS[C@H]12)c1nc(N)sc1Cl)C(=O)O. The van der Waals surface area contributed by atoms with Crippen molar-refractivity contribution < 1.29 is 53.7 Å². The molecule has 2 saturated heterocycles. The summed E-state index contributed by atoms with van der Waals surface area (Å²) in [5.41, 5.74) is 5.66. The third kappa shape index (κ3) is 7.82. The molecule has 0 aliphatic carbocycles. The number of thioether (sulfide) groups is 1. The van der Waals surface area contributed by atoms with Gasteiger partial charge in [-0.15, -0.1) is 11.8 Å². The van der Waals surface area contributed by atoms with E-state index in [9.17, 15) is 44.4 Å². The number of hydrogen-bond acceptors (Lipinski definition) is 14. The Balaban J connectivity index is 1.31. The third-order valence-corrected chi connectivity index (χ3v) is 11.4. The number of carbonyl (C=O) groups excluding carboxylic acids is 4. The molecule has 0 unspecified atom stereocenters. The Morgan fingerprint density at radius 2 is 1.94 bits per heavy atom. The molecule has 19 heteroatoms. The van der Waals surface area contributed by atoms with Gasteiger partial charge < -0.3 is 45.6 Å². The smallest absolute Gasteiger partial charge is 0.347 e. The number of aromatic nitrogens is 1. The second-order valence-electron chi connectivity index (χ2n) is 12.3. The summed E-state index contributed by atoms with van der Waals surface area (Å²) in [7, 11) is 0. The number of aliphatic carboxylic acids is 2. The molecule has 1 aromatic heterocycles. The number of phenols is 2. The molecule has 4 heterocycles. The van der Waals surface area contributed by atoms with E-state index in [4.69, 9.17) is 22.2 Å². The summed E-state index contributed by atoms with van der Waals surface area (Å²) < 4.78 is 0.490. The number of piperidine rings is 1. The number of amides is 2. The van der Waals surface area contributed by atoms with Gasteiger partial charge in [-0.3, -0.25) is 19.3 Å². The van der Waals surface area contributed by atoms with Gasteiger partial charge >= 0.3 is 5.97 Å². The van der Waals surface area contributed by atoms with Crippen LogP contribution in [0.1, 0.15) is 48.7 Å². The minimum absolute atomic E-state index is 0.00979. The zero-order chi connectivity index (χ0) is 36.3. The maximum Gasteiger partial charge on any atom is 0.347 e. The van der Waals surface area contributed by atoms with Crippen LogP contribution >= 0.6 is 34.7 Å². The fourth-order valence-electron chi connectivity index (χ4n) is 6.31. The minimum Gasteiger partial charge on any atom is -0.543 e. The molecule has 2 fully saturated rings. The first-order chi connectivity index (χ1) is 23.7. The number of nitrogens with two attached hydrogens (primary N) is 1. The fraction of sp³-hybridized carbons (Fsp3) is 0.452. The number of aromatic hydroxyl groups is 2. The number of hydrogen-bond donors (Lipinski definition) is 5. The maximum atomic E-state index is 13.5. The van der Waals surface area contributed by atoms with E-state index in [0.29, 0.717) is 23.1 Å². The monoisotopic (exact) mass is 750 g/mol. The summed E-state index contributed by atoms with van der Waals surface area (Å²) in [6.45, 7) is 3.71. The number of nitrogens with zero attached hydrogens (tertiary/aromatic N) is 4. The van der Waals surface area contributed by atoms with E-state index in [0.717, 1.165) is 48.6 Å². The van der Waals surface area contributed by atoms with Crippen molar-refractivity contribution in [1.82, 2.24) is 15.2 Å². The van der Waals surface area contributed by atoms with Gasteiger partial charge in [0, 0.05) is 23.3 Å². The lowest BCUT2D eigenvalue weighted by Gasteiger charge is -2.52. The van der Waals surface area contributed by atoms with Crippen molar-refractivity contribution in [3.8, 4) is 11.5 Å². The Morgan fingerprint density at radius 1 is 1.22 bits per heavy atom. The van der Waals surface area contributed by atoms with Crippen molar-refractivity contribution in [1.29, 1.82) is 0 Å². The van der Waals surface area contributed by atoms with E-state index in [2.05, 4.69) is 15.5 Å². The number of ketones is 1. The number of halogens is 1. The van der Waals surface area contributed by atoms with Gasteiger partial charge in [0.25, 0.3) is 5.91 Å². The van der Waals surface area contributed by atoms with Crippen LogP contribution in [0.15, 0.2) is 34.6 Å². The number of likely N-dealkylation sites (tertiary alicyclic amines) is 1. The molecule has 3 aliphatic rings. The molecule has 3 atom stereocenters. The first-order valence-electron chi connectivity index (χ1n) is 15.7. The molecule has 268 valence electrons. The topological polar surface area (TPSA) is 245 Å². The molecule has 3 aliphatic heterocycles. The summed E-state index contributed by atoms with van der Waals surface area (Å²) >= 11 is 8.39. The Bertz CT molecular complexity index is 1780. The average Bonchev–Trinajstić information content (AvgIpc) is 3.41. The lowest BCUT2D eigenvalue weighted by molar-refractivity contribution is -0.927. The number of rotatable bonds is 14. The first kappa shape index (κ1) is 36.9. The van der Waals surface area contributed by atoms with Crippen LogP contribution < -0.4 is 16.2 Å². The van der Waals surface area contributed by atoms with Crippen molar-refractivity contribution in [2.45, 2.75) is 44.1 Å². The van der Waals surface area contributed by atoms with Gasteiger partial charge in [0.1, 0.15) is 16.6 Å². The van der Waals surface area contributed by atoms with Crippen LogP contribution in [0.2, 0.25) is 4.34 Å². The number of oxime groups is 1. The Kier molecular flexibility index (Phi) is 11.2. The summed E-state index contributed by atoms with van der Waals surface area (Å²) in [4.78, 5) is 73.7. The molecule has 0 saturated carbocycles. The van der Waals surface area contributed by atoms with E-state index in [1.807, 2.05) is 0 Å². The van der Waals surface area contributed by atoms with Gasteiger partial charge in [-0.25, -0.2) is 9.78 Å². The molecule has 2 aromatic rings. The number of quaternary nitrogens is 1. The van der Waals surface area contributed by atoms with Crippen molar-refractivity contribution in [2.24, 2.45) is 11.1 Å². The summed E-state index contributed by atoms with van der Waals surface area (Å²) in [6, 6.07) is 3.77. The molecule has 2 amide bonds. The maximum absolute atomic E-state index is 13.5. The van der Waals surface area contributed by atoms with Crippen molar-refractivity contribution >= 4 is 75.1 Å². The Morgan fingerprint density at radius 3 is 2.56 bits per heavy atom. The largest absolute Gasteiger partial charge is 0.543 e. The lowest BCUT2D eigenvalue weighted by atomic mass is 9.89. The predicted molar refractivity (Wildman–Crippen MR) is 180 cm³/mol. The zero-order valence-electron chi connectivity index (χ0n) is 26.8. The summed E-state index contributed by atoms with van der Waals surface area (Å²) in [5, 5.41) is 46.9. The average molecular weight is 751 g/mol. The number of carboxylic acids is 2. The number of nitrogen functional groups attached to an aromatic ring is 1. The standard InChI is InChI=1S/C31H35ClN6O10S2/c1-15(29(44)45)48-36-22(23-25(32)50-31(33)35-23)21(41)12-18-27(43)37-24(30(46)47)17(14-49-28(18)37)13-38(8-3-2-4-9-38)10-7-34-26(42)16-5-6-19(39)20(40)11-16/h5-6,11,15,18,28H,2-4,7-10,12-14H2,1H3,(H6-,33,34,35,36,39,40,41,42,44,45,46,47)/t15-,18+,28+/m0/s1. The number of phenolic OH excluding ortho intramolecular Hbond substituents is 2. The fourth-order valence-corrected chi connectivity index (χ4v) is 8.64. The van der Waals surface area contributed by atoms with Crippen LogP contribution in [0.3, 0.4) is 0 Å². The van der Waals surface area contributed by atoms with Gasteiger partial charge in [0.15, 0.2) is 28.1 Å². The number of anilines is 1. The molecule has 0 spiro atoms. The molecule has 0 bridgehead atoms. The van der Waals surface area contributed by atoms with Gasteiger partial charge in [0.05, 0.1) is 49.1 Å². The van der Waals surface area contributed by atoms with Gasteiger partial charge in [-0.05, 0) is 44.4 Å². The van der Waals surface area contributed by atoms with E-state index in [1.165, 1.54) is 36.9 Å². The van der Waals surface area contributed by atoms with Crippen LogP contribution in [-0.2, 0) is 24.0 Å². The van der Waals surface area contributed by atoms with Gasteiger partial charge in [0.2, 0.25) is 12.0 Å². The number of thiazole rings is 1. The number of benzene rings is 1. The van der Waals surface area contributed by atoms with Gasteiger partial charge in [-0.2, -0.15) is 0 Å². The zero-order valence-corrected chi connectivity index (χ0v) is 29.2. The highest BCUT2D eigenvalue weighted by atomic mass is 35.5. The minimum atomic E-state index is -1.51. The molecular formula is C31H35ClN6O10S2. The lowest BCUT2D eigenvalue weighted by Crippen LogP contribution is -2.64. The van der Waals surface area contributed by atoms with Crippen LogP contribution in [0, 0.1) is 5.92 Å². The predicted octanol–water partition coefficient (Wildman–Crippen LogP) is 0.909. The summed E-state index contributed by atoms with van der Waals surface area (Å²) in [6.07, 6.45) is 0.978. The molecule has 6 N–H and O–H groups in total. The van der Waals surface area contributed by atoms with Crippen molar-refractivity contribution in [3.05, 3.63) is 45.1 Å². The highest BCUT2D eigenvalue weighted by molar-refractivity contribution is 8.00. The highest BCUT2D eigenvalue weighted by Gasteiger charge is 2.53. The van der Waals surface area contributed by atoms with Crippen molar-refractivity contribution in [2.75, 3.05) is 44.2 Å². The van der Waals surface area contributed by atoms with Crippen molar-refractivity contribution in [3.63, 3.8) is 0 Å². The molecule has 16 nitrogen and oxygen atoms in total. The van der Waals surface area contributed by atoms with E-state index in [-0.39, 0.29) is 44.5 Å². The first-order valence-corrected chi connectivity index (χ1v) is 17.9. The molecule has 50 heavy (non-hydrogen) atoms. The van der Waals surface area contributed by atoms with E-state index >= 15 is 0 Å². The van der Waals surface area contributed by atoms with E-state index < -0.39 is 64.8 Å². The van der Waals surface area contributed by atoms with Crippen LogP contribution in [0.4, 0.5) is 5.13 Å². The van der Waals surface area contributed by atoms with Crippen LogP contribution in [0.25, 0.3) is 0 Å². The number of nitrogens with one attached hydrogen (secondary N) is 1. The van der Waals surface area contributed by atoms with Gasteiger partial charge in [-0.1, -0.05) is 28.1 Å². The molecule has 0 radical (unpaired) electrons. The third-order valence-electron chi connectivity index (χ3n) is 8.90. The second kappa shape index (κ2) is 15.2. The quantitative estimate of drug-likeness (QED) is 0.0593. The molecular weight excluding hydrogens is 716 g/mol. The second-order valence-corrected chi connectivity index (χ2v) is 15.0. The normalized spacial score (nSPS) is 20.8. The molecule has 5 rings (SSSR count). The number of carboxylic acid groups (broad SMARTS) is 2. The number of carbonyl (C=O) groups is 5.